The fraction of sp³-hybridized carbons (Fsp3) is 0.500. The summed E-state index contributed by atoms with van der Waals surface area (Å²) in [6, 6.07) is 5.69. The van der Waals surface area contributed by atoms with Gasteiger partial charge in [0, 0.05) is 22.6 Å². The van der Waals surface area contributed by atoms with Crippen molar-refractivity contribution in [3.63, 3.8) is 0 Å². The first-order chi connectivity index (χ1) is 8.95. The number of hydrogen-bond donors (Lipinski definition) is 2. The van der Waals surface area contributed by atoms with Crippen LogP contribution in [0.15, 0.2) is 22.7 Å². The molecule has 0 saturated carbocycles. The summed E-state index contributed by atoms with van der Waals surface area (Å²) in [5.41, 5.74) is 0.276. The molecule has 1 rings (SSSR count). The van der Waals surface area contributed by atoms with Crippen molar-refractivity contribution in [1.29, 1.82) is 0 Å². The number of benzene rings is 1. The van der Waals surface area contributed by atoms with Crippen molar-refractivity contribution in [1.82, 2.24) is 5.32 Å². The zero-order chi connectivity index (χ0) is 14.5. The summed E-state index contributed by atoms with van der Waals surface area (Å²) in [5.74, 6) is -0.744. The molecule has 0 aromatic heterocycles. The van der Waals surface area contributed by atoms with Crippen LogP contribution in [0.1, 0.15) is 32.3 Å². The van der Waals surface area contributed by atoms with E-state index >= 15 is 0 Å². The first-order valence-corrected chi connectivity index (χ1v) is 7.50. The number of carboxylic acid groups (broad SMARTS) is 1. The molecule has 0 radical (unpaired) electrons. The predicted octanol–water partition coefficient (Wildman–Crippen LogP) is 4.08. The van der Waals surface area contributed by atoms with E-state index in [1.165, 1.54) is 0 Å². The van der Waals surface area contributed by atoms with Crippen LogP contribution < -0.4 is 5.32 Å². The van der Waals surface area contributed by atoms with Gasteiger partial charge in [-0.1, -0.05) is 47.4 Å². The molecule has 0 aliphatic rings. The predicted molar refractivity (Wildman–Crippen MR) is 81.5 cm³/mol. The molecule has 5 heteroatoms. The van der Waals surface area contributed by atoms with E-state index < -0.39 is 11.4 Å². The number of hydrogen-bond acceptors (Lipinski definition) is 2. The van der Waals surface area contributed by atoms with Gasteiger partial charge in [-0.3, -0.25) is 4.79 Å². The molecule has 0 aliphatic heterocycles. The van der Waals surface area contributed by atoms with Gasteiger partial charge in [0.25, 0.3) is 0 Å². The summed E-state index contributed by atoms with van der Waals surface area (Å²) in [4.78, 5) is 11.4. The normalized spacial score (nSPS) is 11.6. The summed E-state index contributed by atoms with van der Waals surface area (Å²) in [6.07, 6.45) is 1.22. The van der Waals surface area contributed by atoms with E-state index in [-0.39, 0.29) is 0 Å². The standard InChI is InChI=1S/C14H19BrClNO2/c1-3-14(4-2,13(18)19)9-17-8-10-5-6-11(15)7-12(10)16/h5-7,17H,3-4,8-9H2,1-2H3,(H,18,19). The molecule has 0 bridgehead atoms. The van der Waals surface area contributed by atoms with Crippen molar-refractivity contribution >= 4 is 33.5 Å². The minimum Gasteiger partial charge on any atom is -0.481 e. The van der Waals surface area contributed by atoms with Crippen LogP contribution in [-0.2, 0) is 11.3 Å². The van der Waals surface area contributed by atoms with Gasteiger partial charge in [0.15, 0.2) is 0 Å². The Morgan fingerprint density at radius 2 is 2.05 bits per heavy atom. The molecular formula is C14H19BrClNO2. The van der Waals surface area contributed by atoms with E-state index in [1.54, 1.807) is 0 Å². The Labute approximate surface area is 127 Å². The summed E-state index contributed by atoms with van der Waals surface area (Å²) in [5, 5.41) is 13.2. The zero-order valence-electron chi connectivity index (χ0n) is 11.2. The van der Waals surface area contributed by atoms with E-state index in [0.29, 0.717) is 31.0 Å². The van der Waals surface area contributed by atoms with Gasteiger partial charge in [-0.25, -0.2) is 0 Å². The molecule has 19 heavy (non-hydrogen) atoms. The average molecular weight is 349 g/mol. The summed E-state index contributed by atoms with van der Waals surface area (Å²) < 4.78 is 0.934. The maximum atomic E-state index is 11.4. The van der Waals surface area contributed by atoms with Crippen molar-refractivity contribution in [2.75, 3.05) is 6.54 Å². The average Bonchev–Trinajstić information content (AvgIpc) is 2.37. The summed E-state index contributed by atoms with van der Waals surface area (Å²) >= 11 is 9.48. The molecular weight excluding hydrogens is 330 g/mol. The molecule has 106 valence electrons. The van der Waals surface area contributed by atoms with Gasteiger partial charge in [-0.2, -0.15) is 0 Å². The lowest BCUT2D eigenvalue weighted by molar-refractivity contribution is -0.149. The monoisotopic (exact) mass is 347 g/mol. The molecule has 0 saturated heterocycles. The third-order valence-electron chi connectivity index (χ3n) is 3.60. The zero-order valence-corrected chi connectivity index (χ0v) is 13.5. The van der Waals surface area contributed by atoms with Crippen LogP contribution in [0.3, 0.4) is 0 Å². The second-order valence-corrected chi connectivity index (χ2v) is 5.95. The highest BCUT2D eigenvalue weighted by molar-refractivity contribution is 9.10. The second-order valence-electron chi connectivity index (χ2n) is 4.63. The van der Waals surface area contributed by atoms with E-state index in [9.17, 15) is 9.90 Å². The van der Waals surface area contributed by atoms with Crippen LogP contribution in [0.4, 0.5) is 0 Å². The first kappa shape index (κ1) is 16.5. The van der Waals surface area contributed by atoms with Crippen LogP contribution in [0.5, 0.6) is 0 Å². The van der Waals surface area contributed by atoms with Gasteiger partial charge < -0.3 is 10.4 Å². The van der Waals surface area contributed by atoms with Crippen LogP contribution in [0, 0.1) is 5.41 Å². The Morgan fingerprint density at radius 3 is 2.53 bits per heavy atom. The van der Waals surface area contributed by atoms with Crippen LogP contribution >= 0.6 is 27.5 Å². The number of aliphatic carboxylic acids is 1. The van der Waals surface area contributed by atoms with E-state index in [4.69, 9.17) is 11.6 Å². The van der Waals surface area contributed by atoms with Gasteiger partial charge in [0.2, 0.25) is 0 Å². The summed E-state index contributed by atoms with van der Waals surface area (Å²) in [7, 11) is 0. The molecule has 0 atom stereocenters. The lowest BCUT2D eigenvalue weighted by Crippen LogP contribution is -2.40. The fourth-order valence-electron chi connectivity index (χ4n) is 1.98. The molecule has 0 aliphatic carbocycles. The maximum absolute atomic E-state index is 11.4. The fourth-order valence-corrected chi connectivity index (χ4v) is 2.72. The van der Waals surface area contributed by atoms with Crippen LogP contribution in [0.2, 0.25) is 5.02 Å². The van der Waals surface area contributed by atoms with E-state index in [0.717, 1.165) is 10.0 Å². The van der Waals surface area contributed by atoms with Gasteiger partial charge in [-0.05, 0) is 30.5 Å². The number of carbonyl (C=O) groups is 1. The highest BCUT2D eigenvalue weighted by atomic mass is 79.9. The number of rotatable bonds is 7. The molecule has 0 amide bonds. The van der Waals surface area contributed by atoms with Crippen LogP contribution in [-0.4, -0.2) is 17.6 Å². The van der Waals surface area contributed by atoms with Gasteiger partial charge in [0.1, 0.15) is 0 Å². The van der Waals surface area contributed by atoms with Crippen LogP contribution in [0.25, 0.3) is 0 Å². The van der Waals surface area contributed by atoms with Crippen molar-refractivity contribution < 1.29 is 9.90 Å². The Kier molecular flexibility index (Phi) is 6.30. The molecule has 0 fully saturated rings. The van der Waals surface area contributed by atoms with Crippen molar-refractivity contribution in [3.8, 4) is 0 Å². The van der Waals surface area contributed by atoms with Crippen molar-refractivity contribution in [2.24, 2.45) is 5.41 Å². The Hall–Kier alpha value is -0.580. The molecule has 0 spiro atoms. The largest absolute Gasteiger partial charge is 0.481 e. The highest BCUT2D eigenvalue weighted by Gasteiger charge is 2.34. The quantitative estimate of drug-likeness (QED) is 0.780. The van der Waals surface area contributed by atoms with E-state index in [2.05, 4.69) is 21.2 Å². The Morgan fingerprint density at radius 1 is 1.42 bits per heavy atom. The van der Waals surface area contributed by atoms with E-state index in [1.807, 2.05) is 32.0 Å². The van der Waals surface area contributed by atoms with Crippen molar-refractivity contribution in [3.05, 3.63) is 33.3 Å². The van der Waals surface area contributed by atoms with Gasteiger partial charge in [0.05, 0.1) is 5.41 Å². The molecule has 1 aromatic rings. The Balaban J connectivity index is 2.64. The van der Waals surface area contributed by atoms with Gasteiger partial charge >= 0.3 is 5.97 Å². The topological polar surface area (TPSA) is 49.3 Å². The molecule has 0 unspecified atom stereocenters. The molecule has 1 aromatic carbocycles. The van der Waals surface area contributed by atoms with Crippen molar-refractivity contribution in [2.45, 2.75) is 33.2 Å². The minimum atomic E-state index is -0.744. The smallest absolute Gasteiger partial charge is 0.310 e. The third kappa shape index (κ3) is 4.20. The molecule has 2 N–H and O–H groups in total. The second kappa shape index (κ2) is 7.27. The Bertz CT molecular complexity index is 447. The minimum absolute atomic E-state index is 0.446. The lowest BCUT2D eigenvalue weighted by atomic mass is 9.82. The lowest BCUT2D eigenvalue weighted by Gasteiger charge is -2.27. The highest BCUT2D eigenvalue weighted by Crippen LogP contribution is 2.26. The third-order valence-corrected chi connectivity index (χ3v) is 4.45. The molecule has 0 heterocycles. The number of carboxylic acids is 1. The molecule has 3 nitrogen and oxygen atoms in total. The maximum Gasteiger partial charge on any atom is 0.310 e. The summed E-state index contributed by atoms with van der Waals surface area (Å²) in [6.45, 7) is 4.83. The number of halogens is 2. The number of nitrogens with one attached hydrogen (secondary N) is 1. The SMILES string of the molecule is CCC(CC)(CNCc1ccc(Br)cc1Cl)C(=O)O. The van der Waals surface area contributed by atoms with Gasteiger partial charge in [-0.15, -0.1) is 0 Å². The first-order valence-electron chi connectivity index (χ1n) is 6.33.